The van der Waals surface area contributed by atoms with Crippen molar-refractivity contribution in [1.29, 1.82) is 0 Å². The van der Waals surface area contributed by atoms with E-state index in [-0.39, 0.29) is 11.3 Å². The maximum absolute atomic E-state index is 12.5. The number of rotatable bonds is 1. The molecule has 20 heavy (non-hydrogen) atoms. The van der Waals surface area contributed by atoms with E-state index in [4.69, 9.17) is 11.2 Å². The van der Waals surface area contributed by atoms with Gasteiger partial charge in [-0.3, -0.25) is 5.32 Å². The van der Waals surface area contributed by atoms with Crippen LogP contribution in [0.4, 0.5) is 23.7 Å². The first-order valence-corrected chi connectivity index (χ1v) is 5.71. The molecule has 0 fully saturated rings. The Morgan fingerprint density at radius 2 is 1.90 bits per heavy atom. The smallest absolute Gasteiger partial charge is 0.416 e. The number of alkyl halides is 3. The minimum Gasteiger partial charge on any atom is -0.444 e. The van der Waals surface area contributed by atoms with Crippen LogP contribution in [-0.4, -0.2) is 11.7 Å². The van der Waals surface area contributed by atoms with Gasteiger partial charge in [0, 0.05) is 5.56 Å². The molecule has 0 unspecified atom stereocenters. The first-order valence-electron chi connectivity index (χ1n) is 5.71. The molecule has 0 saturated heterocycles. The van der Waals surface area contributed by atoms with Crippen LogP contribution in [0.5, 0.6) is 0 Å². The van der Waals surface area contributed by atoms with Gasteiger partial charge in [0.05, 0.1) is 11.3 Å². The number of ether oxygens (including phenoxy) is 1. The van der Waals surface area contributed by atoms with Crippen molar-refractivity contribution < 1.29 is 22.7 Å². The highest BCUT2D eigenvalue weighted by molar-refractivity contribution is 5.87. The molecule has 0 aliphatic rings. The van der Waals surface area contributed by atoms with Crippen LogP contribution in [0.15, 0.2) is 18.2 Å². The lowest BCUT2D eigenvalue weighted by molar-refractivity contribution is -0.137. The third-order valence-corrected chi connectivity index (χ3v) is 2.14. The van der Waals surface area contributed by atoms with Gasteiger partial charge < -0.3 is 4.74 Å². The maximum atomic E-state index is 12.5. The monoisotopic (exact) mass is 285 g/mol. The molecule has 0 aliphatic carbocycles. The van der Waals surface area contributed by atoms with Crippen LogP contribution in [-0.2, 0) is 10.9 Å². The summed E-state index contributed by atoms with van der Waals surface area (Å²) in [5, 5.41) is 2.33. The number of amides is 1. The molecule has 0 heterocycles. The van der Waals surface area contributed by atoms with E-state index in [0.29, 0.717) is 0 Å². The molecule has 0 radical (unpaired) electrons. The molecular formula is C14H14F3NO2. The Morgan fingerprint density at radius 3 is 2.35 bits per heavy atom. The fraction of sp³-hybridized carbons (Fsp3) is 0.357. The number of hydrogen-bond donors (Lipinski definition) is 1. The molecule has 3 nitrogen and oxygen atoms in total. The zero-order valence-corrected chi connectivity index (χ0v) is 11.3. The Bertz CT molecular complexity index is 551. The second kappa shape index (κ2) is 5.45. The average Bonchev–Trinajstić information content (AvgIpc) is 2.25. The lowest BCUT2D eigenvalue weighted by Gasteiger charge is -2.20. The quantitative estimate of drug-likeness (QED) is 0.791. The zero-order valence-electron chi connectivity index (χ0n) is 11.3. The van der Waals surface area contributed by atoms with Crippen LogP contribution in [0.2, 0.25) is 0 Å². The first-order chi connectivity index (χ1) is 9.03. The number of benzene rings is 1. The minimum absolute atomic E-state index is 0.0642. The molecule has 0 saturated carbocycles. The molecule has 0 bridgehead atoms. The van der Waals surface area contributed by atoms with Crippen LogP contribution in [0.3, 0.4) is 0 Å². The standard InChI is InChI=1S/C14H14F3NO2/c1-5-9-8-10(14(15,16)17)6-7-11(9)18-12(19)20-13(2,3)4/h1,6-8H,2-4H3,(H,18,19). The van der Waals surface area contributed by atoms with Crippen molar-refractivity contribution >= 4 is 11.8 Å². The van der Waals surface area contributed by atoms with Crippen molar-refractivity contribution in [3.63, 3.8) is 0 Å². The van der Waals surface area contributed by atoms with Crippen molar-refractivity contribution in [1.82, 2.24) is 0 Å². The molecule has 6 heteroatoms. The van der Waals surface area contributed by atoms with E-state index >= 15 is 0 Å². The van der Waals surface area contributed by atoms with Gasteiger partial charge in [-0.1, -0.05) is 5.92 Å². The molecule has 0 atom stereocenters. The molecule has 0 aromatic heterocycles. The zero-order chi connectivity index (χ0) is 15.6. The molecule has 1 rings (SSSR count). The number of carbonyl (C=O) groups excluding carboxylic acids is 1. The van der Waals surface area contributed by atoms with E-state index in [1.165, 1.54) is 0 Å². The number of carbonyl (C=O) groups is 1. The predicted octanol–water partition coefficient (Wildman–Crippen LogP) is 4.03. The number of hydrogen-bond acceptors (Lipinski definition) is 2. The van der Waals surface area contributed by atoms with Gasteiger partial charge in [-0.25, -0.2) is 4.79 Å². The summed E-state index contributed by atoms with van der Waals surface area (Å²) in [6.45, 7) is 5.00. The molecule has 1 N–H and O–H groups in total. The fourth-order valence-corrected chi connectivity index (χ4v) is 1.36. The molecular weight excluding hydrogens is 271 g/mol. The van der Waals surface area contributed by atoms with Crippen LogP contribution >= 0.6 is 0 Å². The van der Waals surface area contributed by atoms with Crippen molar-refractivity contribution in [3.8, 4) is 12.3 Å². The summed E-state index contributed by atoms with van der Waals surface area (Å²) in [6.07, 6.45) is -0.117. The van der Waals surface area contributed by atoms with Crippen LogP contribution in [0, 0.1) is 12.3 Å². The highest BCUT2D eigenvalue weighted by Crippen LogP contribution is 2.31. The van der Waals surface area contributed by atoms with E-state index in [0.717, 1.165) is 18.2 Å². The number of anilines is 1. The number of halogens is 3. The minimum atomic E-state index is -4.49. The molecule has 1 aromatic carbocycles. The van der Waals surface area contributed by atoms with Gasteiger partial charge in [-0.15, -0.1) is 6.42 Å². The molecule has 1 amide bonds. The largest absolute Gasteiger partial charge is 0.444 e. The van der Waals surface area contributed by atoms with Gasteiger partial charge in [0.1, 0.15) is 5.60 Å². The van der Waals surface area contributed by atoms with Gasteiger partial charge in [-0.05, 0) is 39.0 Å². The molecule has 0 spiro atoms. The summed E-state index contributed by atoms with van der Waals surface area (Å²) in [5.74, 6) is 2.11. The van der Waals surface area contributed by atoms with Gasteiger partial charge in [0.2, 0.25) is 0 Å². The van der Waals surface area contributed by atoms with Crippen molar-refractivity contribution in [2.45, 2.75) is 32.5 Å². The lowest BCUT2D eigenvalue weighted by atomic mass is 10.1. The highest BCUT2D eigenvalue weighted by atomic mass is 19.4. The third kappa shape index (κ3) is 4.50. The molecule has 0 aliphatic heterocycles. The summed E-state index contributed by atoms with van der Waals surface area (Å²) in [5.41, 5.74) is -1.56. The van der Waals surface area contributed by atoms with Crippen molar-refractivity contribution in [2.24, 2.45) is 0 Å². The van der Waals surface area contributed by atoms with Crippen LogP contribution < -0.4 is 5.32 Å². The number of terminal acetylenes is 1. The van der Waals surface area contributed by atoms with Gasteiger partial charge >= 0.3 is 12.3 Å². The second-order valence-corrected chi connectivity index (χ2v) is 5.03. The number of nitrogens with one attached hydrogen (secondary N) is 1. The molecule has 108 valence electrons. The Morgan fingerprint density at radius 1 is 1.30 bits per heavy atom. The highest BCUT2D eigenvalue weighted by Gasteiger charge is 2.31. The summed E-state index contributed by atoms with van der Waals surface area (Å²) in [4.78, 5) is 11.6. The van der Waals surface area contributed by atoms with Crippen molar-refractivity contribution in [3.05, 3.63) is 29.3 Å². The summed E-state index contributed by atoms with van der Waals surface area (Å²) >= 11 is 0. The van der Waals surface area contributed by atoms with Gasteiger partial charge in [0.25, 0.3) is 0 Å². The van der Waals surface area contributed by atoms with Crippen molar-refractivity contribution in [2.75, 3.05) is 5.32 Å². The van der Waals surface area contributed by atoms with Crippen LogP contribution in [0.25, 0.3) is 0 Å². The van der Waals surface area contributed by atoms with Gasteiger partial charge in [0.15, 0.2) is 0 Å². The fourth-order valence-electron chi connectivity index (χ4n) is 1.36. The van der Waals surface area contributed by atoms with Crippen LogP contribution in [0.1, 0.15) is 31.9 Å². The predicted molar refractivity (Wildman–Crippen MR) is 69.2 cm³/mol. The normalized spacial score (nSPS) is 11.7. The average molecular weight is 285 g/mol. The lowest BCUT2D eigenvalue weighted by Crippen LogP contribution is -2.27. The Kier molecular flexibility index (Phi) is 4.33. The summed E-state index contributed by atoms with van der Waals surface area (Å²) < 4.78 is 42.6. The summed E-state index contributed by atoms with van der Waals surface area (Å²) in [6, 6.07) is 2.74. The Labute approximate surface area is 115 Å². The third-order valence-electron chi connectivity index (χ3n) is 2.14. The van der Waals surface area contributed by atoms with E-state index < -0.39 is 23.4 Å². The Hall–Kier alpha value is -2.16. The van der Waals surface area contributed by atoms with E-state index in [9.17, 15) is 18.0 Å². The van der Waals surface area contributed by atoms with E-state index in [1.54, 1.807) is 20.8 Å². The van der Waals surface area contributed by atoms with Gasteiger partial charge in [-0.2, -0.15) is 13.2 Å². The summed E-state index contributed by atoms with van der Waals surface area (Å²) in [7, 11) is 0. The van der Waals surface area contributed by atoms with E-state index in [2.05, 4.69) is 11.2 Å². The SMILES string of the molecule is C#Cc1cc(C(F)(F)F)ccc1NC(=O)OC(C)(C)C. The van der Waals surface area contributed by atoms with E-state index in [1.807, 2.05) is 0 Å². The second-order valence-electron chi connectivity index (χ2n) is 5.03. The topological polar surface area (TPSA) is 38.3 Å². The maximum Gasteiger partial charge on any atom is 0.416 e. The first kappa shape index (κ1) is 15.9. The Balaban J connectivity index is 2.98. The molecule has 1 aromatic rings.